The number of aryl methyl sites for hydroxylation is 1. The minimum atomic E-state index is -0.837. The molecule has 1 unspecified atom stereocenters. The number of hydrogen-bond acceptors (Lipinski definition) is 5. The second kappa shape index (κ2) is 9.47. The molecule has 3 aromatic rings. The molecular formula is C28H24ClNO5. The van der Waals surface area contributed by atoms with Gasteiger partial charge in [0.25, 0.3) is 11.7 Å². The maximum Gasteiger partial charge on any atom is 0.300 e. The summed E-state index contributed by atoms with van der Waals surface area (Å²) in [5.74, 6) is -0.259. The quantitative estimate of drug-likeness (QED) is 0.283. The Bertz CT molecular complexity index is 1330. The molecule has 178 valence electrons. The van der Waals surface area contributed by atoms with Crippen molar-refractivity contribution in [3.8, 4) is 11.5 Å². The van der Waals surface area contributed by atoms with Crippen LogP contribution in [0.3, 0.4) is 0 Å². The molecule has 3 aromatic carbocycles. The number of ether oxygens (including phenoxy) is 2. The number of hydrogen-bond donors (Lipinski definition) is 1. The molecule has 6 nitrogen and oxygen atoms in total. The van der Waals surface area contributed by atoms with Crippen LogP contribution in [-0.4, -0.2) is 30.0 Å². The van der Waals surface area contributed by atoms with E-state index >= 15 is 0 Å². The molecule has 1 N–H and O–H groups in total. The predicted molar refractivity (Wildman–Crippen MR) is 134 cm³/mol. The van der Waals surface area contributed by atoms with Crippen molar-refractivity contribution in [1.29, 1.82) is 0 Å². The summed E-state index contributed by atoms with van der Waals surface area (Å²) in [6.07, 6.45) is 1.69. The van der Waals surface area contributed by atoms with Crippen molar-refractivity contribution in [3.05, 3.63) is 94.0 Å². The first kappa shape index (κ1) is 23.0. The Kier molecular flexibility index (Phi) is 6.22. The van der Waals surface area contributed by atoms with Gasteiger partial charge in [0.2, 0.25) is 0 Å². The van der Waals surface area contributed by atoms with Crippen molar-refractivity contribution in [1.82, 2.24) is 0 Å². The first-order valence-corrected chi connectivity index (χ1v) is 11.9. The summed E-state index contributed by atoms with van der Waals surface area (Å²) in [5, 5.41) is 11.8. The molecule has 1 atom stereocenters. The Labute approximate surface area is 208 Å². The number of nitrogens with zero attached hydrogens (tertiary/aromatic N) is 1. The fraction of sp³-hybridized carbons (Fsp3) is 0.214. The zero-order valence-electron chi connectivity index (χ0n) is 19.2. The summed E-state index contributed by atoms with van der Waals surface area (Å²) in [6, 6.07) is 18.4. The summed E-state index contributed by atoms with van der Waals surface area (Å²) in [7, 11) is 0. The maximum absolute atomic E-state index is 13.3. The standard InChI is InChI=1S/C28H24ClNO5/c1-2-34-22-11-8-17(9-12-22)25-24(26(31)19-10-13-23-18(15-19)5-4-14-35-23)27(32)28(33)30(25)21-7-3-6-20(29)16-21/h3,6-13,15-16,25,31H,2,4-5,14H2,1H3/b26-24-. The number of carbonyl (C=O) groups is 2. The lowest BCUT2D eigenvalue weighted by atomic mass is 9.94. The summed E-state index contributed by atoms with van der Waals surface area (Å²) in [6.45, 7) is 3.06. The van der Waals surface area contributed by atoms with Crippen LogP contribution >= 0.6 is 11.6 Å². The number of rotatable bonds is 5. The van der Waals surface area contributed by atoms with E-state index in [4.69, 9.17) is 21.1 Å². The Morgan fingerprint density at radius 3 is 2.66 bits per heavy atom. The number of aliphatic hydroxyl groups excluding tert-OH is 1. The SMILES string of the molecule is CCOc1ccc(C2/C(=C(/O)c3ccc4c(c3)CCCO4)C(=O)C(=O)N2c2cccc(Cl)c2)cc1. The Hall–Kier alpha value is -3.77. The van der Waals surface area contributed by atoms with Gasteiger partial charge in [-0.15, -0.1) is 0 Å². The molecule has 1 amide bonds. The molecule has 0 saturated carbocycles. The van der Waals surface area contributed by atoms with E-state index < -0.39 is 17.7 Å². The number of halogens is 1. The molecule has 35 heavy (non-hydrogen) atoms. The lowest BCUT2D eigenvalue weighted by molar-refractivity contribution is -0.132. The summed E-state index contributed by atoms with van der Waals surface area (Å²) in [5.41, 5.74) is 2.58. The van der Waals surface area contributed by atoms with Crippen molar-refractivity contribution in [2.45, 2.75) is 25.8 Å². The first-order chi connectivity index (χ1) is 17.0. The van der Waals surface area contributed by atoms with Crippen molar-refractivity contribution in [2.75, 3.05) is 18.1 Å². The number of fused-ring (bicyclic) bond motifs is 1. The van der Waals surface area contributed by atoms with Crippen LogP contribution in [0.25, 0.3) is 5.76 Å². The van der Waals surface area contributed by atoms with Gasteiger partial charge in [0.15, 0.2) is 0 Å². The molecular weight excluding hydrogens is 466 g/mol. The van der Waals surface area contributed by atoms with E-state index in [2.05, 4.69) is 0 Å². The minimum Gasteiger partial charge on any atom is -0.507 e. The molecule has 0 aromatic heterocycles. The number of aliphatic hydroxyl groups is 1. The van der Waals surface area contributed by atoms with E-state index in [0.717, 1.165) is 24.2 Å². The summed E-state index contributed by atoms with van der Waals surface area (Å²) < 4.78 is 11.2. The first-order valence-electron chi connectivity index (χ1n) is 11.5. The molecule has 5 rings (SSSR count). The number of benzene rings is 3. The molecule has 7 heteroatoms. The average Bonchev–Trinajstić information content (AvgIpc) is 3.14. The van der Waals surface area contributed by atoms with Crippen LogP contribution in [-0.2, 0) is 16.0 Å². The van der Waals surface area contributed by atoms with Crippen LogP contribution in [0, 0.1) is 0 Å². The largest absolute Gasteiger partial charge is 0.507 e. The van der Waals surface area contributed by atoms with Crippen LogP contribution in [0.5, 0.6) is 11.5 Å². The summed E-state index contributed by atoms with van der Waals surface area (Å²) >= 11 is 6.21. The molecule has 2 aliphatic rings. The van der Waals surface area contributed by atoms with Gasteiger partial charge in [0.05, 0.1) is 24.8 Å². The maximum atomic E-state index is 13.3. The zero-order valence-corrected chi connectivity index (χ0v) is 19.9. The van der Waals surface area contributed by atoms with Gasteiger partial charge < -0.3 is 14.6 Å². The second-order valence-electron chi connectivity index (χ2n) is 8.43. The number of ketones is 1. The summed E-state index contributed by atoms with van der Waals surface area (Å²) in [4.78, 5) is 28.0. The van der Waals surface area contributed by atoms with Crippen LogP contribution in [0.1, 0.15) is 36.1 Å². The molecule has 0 aliphatic carbocycles. The molecule has 0 spiro atoms. The van der Waals surface area contributed by atoms with Gasteiger partial charge in [-0.05, 0) is 79.4 Å². The number of carbonyl (C=O) groups excluding carboxylic acids is 2. The van der Waals surface area contributed by atoms with E-state index in [1.807, 2.05) is 13.0 Å². The smallest absolute Gasteiger partial charge is 0.300 e. The fourth-order valence-corrected chi connectivity index (χ4v) is 4.80. The van der Waals surface area contributed by atoms with Gasteiger partial charge >= 0.3 is 0 Å². The molecule has 1 fully saturated rings. The molecule has 1 saturated heterocycles. The monoisotopic (exact) mass is 489 g/mol. The van der Waals surface area contributed by atoms with Crippen molar-refractivity contribution >= 4 is 34.7 Å². The van der Waals surface area contributed by atoms with Gasteiger partial charge in [-0.1, -0.05) is 29.8 Å². The Morgan fingerprint density at radius 1 is 1.11 bits per heavy atom. The highest BCUT2D eigenvalue weighted by atomic mass is 35.5. The number of anilines is 1. The number of Topliss-reactive ketones (excluding diaryl/α,β-unsaturated/α-hetero) is 1. The minimum absolute atomic E-state index is 0.0239. The fourth-order valence-electron chi connectivity index (χ4n) is 4.62. The third-order valence-corrected chi connectivity index (χ3v) is 6.45. The topological polar surface area (TPSA) is 76.1 Å². The highest BCUT2D eigenvalue weighted by molar-refractivity contribution is 6.51. The van der Waals surface area contributed by atoms with E-state index in [1.54, 1.807) is 60.7 Å². The van der Waals surface area contributed by atoms with Gasteiger partial charge in [0, 0.05) is 16.3 Å². The van der Waals surface area contributed by atoms with Crippen molar-refractivity contribution in [2.24, 2.45) is 0 Å². The molecule has 2 aliphatic heterocycles. The van der Waals surface area contributed by atoms with E-state index in [0.29, 0.717) is 40.8 Å². The van der Waals surface area contributed by atoms with Gasteiger partial charge in [-0.25, -0.2) is 0 Å². The van der Waals surface area contributed by atoms with Crippen LogP contribution in [0.4, 0.5) is 5.69 Å². The van der Waals surface area contributed by atoms with Crippen LogP contribution < -0.4 is 14.4 Å². The highest BCUT2D eigenvalue weighted by Crippen LogP contribution is 2.43. The van der Waals surface area contributed by atoms with E-state index in [1.165, 1.54) is 4.90 Å². The van der Waals surface area contributed by atoms with E-state index in [9.17, 15) is 14.7 Å². The van der Waals surface area contributed by atoms with Gasteiger partial charge in [-0.3, -0.25) is 14.5 Å². The van der Waals surface area contributed by atoms with Crippen molar-refractivity contribution in [3.63, 3.8) is 0 Å². The van der Waals surface area contributed by atoms with Crippen LogP contribution in [0.2, 0.25) is 5.02 Å². The zero-order chi connectivity index (χ0) is 24.5. The molecule has 0 radical (unpaired) electrons. The van der Waals surface area contributed by atoms with Gasteiger partial charge in [0.1, 0.15) is 17.3 Å². The lowest BCUT2D eigenvalue weighted by Gasteiger charge is -2.26. The Morgan fingerprint density at radius 2 is 1.91 bits per heavy atom. The van der Waals surface area contributed by atoms with Crippen LogP contribution in [0.15, 0.2) is 72.3 Å². The predicted octanol–water partition coefficient (Wildman–Crippen LogP) is 5.69. The van der Waals surface area contributed by atoms with Crippen molar-refractivity contribution < 1.29 is 24.2 Å². The lowest BCUT2D eigenvalue weighted by Crippen LogP contribution is -2.29. The normalized spacial score (nSPS) is 18.8. The molecule has 2 heterocycles. The van der Waals surface area contributed by atoms with Gasteiger partial charge in [-0.2, -0.15) is 0 Å². The third kappa shape index (κ3) is 4.26. The van der Waals surface area contributed by atoms with E-state index in [-0.39, 0.29) is 11.3 Å². The Balaban J connectivity index is 1.67. The second-order valence-corrected chi connectivity index (χ2v) is 8.86. The highest BCUT2D eigenvalue weighted by Gasteiger charge is 2.47. The third-order valence-electron chi connectivity index (χ3n) is 6.22. The molecule has 0 bridgehead atoms. The average molecular weight is 490 g/mol. The number of amides is 1.